The highest BCUT2D eigenvalue weighted by Crippen LogP contribution is 2.26. The van der Waals surface area contributed by atoms with Crippen molar-refractivity contribution in [3.63, 3.8) is 0 Å². The molecule has 0 atom stereocenters. The number of aryl methyl sites for hydroxylation is 2. The summed E-state index contributed by atoms with van der Waals surface area (Å²) in [6, 6.07) is 0. The lowest BCUT2D eigenvalue weighted by molar-refractivity contribution is 0.431. The number of hydrogen-bond donors (Lipinski definition) is 1. The predicted molar refractivity (Wildman–Crippen MR) is 59.9 cm³/mol. The van der Waals surface area contributed by atoms with Crippen molar-refractivity contribution in [3.8, 4) is 0 Å². The van der Waals surface area contributed by atoms with E-state index in [0.717, 1.165) is 17.1 Å². The topological polar surface area (TPSA) is 77.8 Å². The van der Waals surface area contributed by atoms with Crippen molar-refractivity contribution in [1.29, 1.82) is 0 Å². The zero-order valence-corrected chi connectivity index (χ0v) is 9.98. The van der Waals surface area contributed by atoms with Crippen LogP contribution >= 0.6 is 23.3 Å². The Labute approximate surface area is 95.2 Å². The van der Waals surface area contributed by atoms with E-state index in [9.17, 15) is 0 Å². The molecule has 7 heteroatoms. The minimum atomic E-state index is 0.641. The molecule has 2 aromatic heterocycles. The van der Waals surface area contributed by atoms with Gasteiger partial charge in [0.05, 0.1) is 11.4 Å². The summed E-state index contributed by atoms with van der Waals surface area (Å²) in [7, 11) is 0. The van der Waals surface area contributed by atoms with Crippen LogP contribution < -0.4 is 5.73 Å². The molecule has 0 fully saturated rings. The Morgan fingerprint density at radius 3 is 2.80 bits per heavy atom. The third-order valence-electron chi connectivity index (χ3n) is 1.93. The van der Waals surface area contributed by atoms with Gasteiger partial charge in [-0.3, -0.25) is 0 Å². The summed E-state index contributed by atoms with van der Waals surface area (Å²) in [6.07, 6.45) is 0. The molecule has 0 spiro atoms. The second kappa shape index (κ2) is 4.19. The van der Waals surface area contributed by atoms with Crippen LogP contribution in [0.25, 0.3) is 0 Å². The van der Waals surface area contributed by atoms with E-state index in [1.54, 1.807) is 0 Å². The zero-order valence-electron chi connectivity index (χ0n) is 8.35. The van der Waals surface area contributed by atoms with Crippen molar-refractivity contribution in [3.05, 3.63) is 17.1 Å². The number of anilines is 1. The van der Waals surface area contributed by atoms with E-state index in [1.807, 2.05) is 13.8 Å². The Morgan fingerprint density at radius 2 is 2.27 bits per heavy atom. The smallest absolute Gasteiger partial charge is 0.256 e. The average molecular weight is 242 g/mol. The SMILES string of the molecule is Cc1nc(SCc2nnsc2N)oc1C. The van der Waals surface area contributed by atoms with E-state index in [4.69, 9.17) is 10.2 Å². The molecule has 2 aromatic rings. The Bertz CT molecular complexity index is 445. The predicted octanol–water partition coefficient (Wildman–Crippen LogP) is 2.02. The summed E-state index contributed by atoms with van der Waals surface area (Å²) in [6.45, 7) is 3.81. The van der Waals surface area contributed by atoms with E-state index in [1.165, 1.54) is 23.3 Å². The maximum absolute atomic E-state index is 5.67. The third kappa shape index (κ3) is 2.29. The summed E-state index contributed by atoms with van der Waals surface area (Å²) in [4.78, 5) is 4.25. The number of nitrogen functional groups attached to an aromatic ring is 1. The van der Waals surface area contributed by atoms with Gasteiger partial charge in [-0.1, -0.05) is 16.3 Å². The molecule has 0 radical (unpaired) electrons. The van der Waals surface area contributed by atoms with Gasteiger partial charge >= 0.3 is 0 Å². The van der Waals surface area contributed by atoms with Crippen molar-refractivity contribution in [2.24, 2.45) is 0 Å². The molecule has 15 heavy (non-hydrogen) atoms. The maximum Gasteiger partial charge on any atom is 0.256 e. The fraction of sp³-hybridized carbons (Fsp3) is 0.375. The Morgan fingerprint density at radius 1 is 1.47 bits per heavy atom. The summed E-state index contributed by atoms with van der Waals surface area (Å²) in [5, 5.41) is 5.22. The maximum atomic E-state index is 5.67. The first-order valence-electron chi connectivity index (χ1n) is 4.30. The number of aromatic nitrogens is 3. The average Bonchev–Trinajstić information content (AvgIpc) is 2.72. The number of oxazole rings is 1. The first-order chi connectivity index (χ1) is 7.16. The van der Waals surface area contributed by atoms with Crippen molar-refractivity contribution in [1.82, 2.24) is 14.6 Å². The number of nitrogens with two attached hydrogens (primary N) is 1. The van der Waals surface area contributed by atoms with Crippen LogP contribution in [0.1, 0.15) is 17.1 Å². The summed E-state index contributed by atoms with van der Waals surface area (Å²) >= 11 is 2.67. The molecular weight excluding hydrogens is 232 g/mol. The summed E-state index contributed by atoms with van der Waals surface area (Å²) < 4.78 is 9.18. The summed E-state index contributed by atoms with van der Waals surface area (Å²) in [5.74, 6) is 1.49. The first-order valence-corrected chi connectivity index (χ1v) is 6.06. The molecule has 2 N–H and O–H groups in total. The van der Waals surface area contributed by atoms with Crippen LogP contribution in [-0.4, -0.2) is 14.6 Å². The normalized spacial score (nSPS) is 10.8. The molecule has 0 bridgehead atoms. The van der Waals surface area contributed by atoms with Crippen LogP contribution in [0.4, 0.5) is 5.00 Å². The molecule has 0 aliphatic heterocycles. The minimum absolute atomic E-state index is 0.641. The van der Waals surface area contributed by atoms with Gasteiger partial charge in [0, 0.05) is 11.5 Å². The number of rotatable bonds is 3. The van der Waals surface area contributed by atoms with Gasteiger partial charge in [0.1, 0.15) is 16.5 Å². The molecule has 0 saturated heterocycles. The van der Waals surface area contributed by atoms with Crippen LogP contribution in [0, 0.1) is 13.8 Å². The zero-order chi connectivity index (χ0) is 10.8. The van der Waals surface area contributed by atoms with Gasteiger partial charge in [-0.2, -0.15) is 0 Å². The lowest BCUT2D eigenvalue weighted by Gasteiger charge is -1.93. The highest BCUT2D eigenvalue weighted by Gasteiger charge is 2.09. The lowest BCUT2D eigenvalue weighted by Crippen LogP contribution is -1.88. The summed E-state index contributed by atoms with van der Waals surface area (Å²) in [5.41, 5.74) is 7.38. The van der Waals surface area contributed by atoms with Crippen LogP contribution in [-0.2, 0) is 5.75 Å². The van der Waals surface area contributed by atoms with Crippen LogP contribution in [0.3, 0.4) is 0 Å². The van der Waals surface area contributed by atoms with E-state index >= 15 is 0 Å². The Hall–Kier alpha value is -1.08. The monoisotopic (exact) mass is 242 g/mol. The minimum Gasteiger partial charge on any atom is -0.437 e. The van der Waals surface area contributed by atoms with Crippen molar-refractivity contribution in [2.45, 2.75) is 24.8 Å². The van der Waals surface area contributed by atoms with Gasteiger partial charge < -0.3 is 10.2 Å². The fourth-order valence-electron chi connectivity index (χ4n) is 0.951. The quantitative estimate of drug-likeness (QED) is 0.830. The number of thioether (sulfide) groups is 1. The molecule has 0 aliphatic carbocycles. The molecular formula is C8H10N4OS2. The van der Waals surface area contributed by atoms with Crippen molar-refractivity contribution < 1.29 is 4.42 Å². The molecule has 80 valence electrons. The van der Waals surface area contributed by atoms with Gasteiger partial charge in [0.2, 0.25) is 0 Å². The van der Waals surface area contributed by atoms with Crippen LogP contribution in [0.2, 0.25) is 0 Å². The molecule has 0 amide bonds. The third-order valence-corrected chi connectivity index (χ3v) is 3.36. The second-order valence-corrected chi connectivity index (χ2v) is 4.71. The molecule has 2 rings (SSSR count). The van der Waals surface area contributed by atoms with Gasteiger partial charge in [-0.25, -0.2) is 4.98 Å². The molecule has 5 nitrogen and oxygen atoms in total. The van der Waals surface area contributed by atoms with Gasteiger partial charge in [-0.15, -0.1) is 5.10 Å². The number of nitrogens with zero attached hydrogens (tertiary/aromatic N) is 3. The second-order valence-electron chi connectivity index (χ2n) is 2.99. The van der Waals surface area contributed by atoms with E-state index in [2.05, 4.69) is 14.6 Å². The molecule has 0 saturated carbocycles. The van der Waals surface area contributed by atoms with E-state index in [-0.39, 0.29) is 0 Å². The largest absolute Gasteiger partial charge is 0.437 e. The van der Waals surface area contributed by atoms with E-state index < -0.39 is 0 Å². The Balaban J connectivity index is 2.02. The van der Waals surface area contributed by atoms with Crippen LogP contribution in [0.5, 0.6) is 0 Å². The molecule has 0 unspecified atom stereocenters. The Kier molecular flexibility index (Phi) is 2.92. The highest BCUT2D eigenvalue weighted by molar-refractivity contribution is 7.98. The number of hydrogen-bond acceptors (Lipinski definition) is 7. The van der Waals surface area contributed by atoms with Crippen molar-refractivity contribution >= 4 is 28.3 Å². The van der Waals surface area contributed by atoms with E-state index in [0.29, 0.717) is 16.0 Å². The van der Waals surface area contributed by atoms with Crippen LogP contribution in [0.15, 0.2) is 9.64 Å². The van der Waals surface area contributed by atoms with Gasteiger partial charge in [0.15, 0.2) is 0 Å². The molecule has 0 aliphatic rings. The fourth-order valence-corrected chi connectivity index (χ4v) is 2.35. The van der Waals surface area contributed by atoms with Gasteiger partial charge in [0.25, 0.3) is 5.22 Å². The molecule has 0 aromatic carbocycles. The first kappa shape index (κ1) is 10.4. The lowest BCUT2D eigenvalue weighted by atomic mass is 10.4. The van der Waals surface area contributed by atoms with Crippen molar-refractivity contribution in [2.75, 3.05) is 5.73 Å². The molecule has 2 heterocycles. The highest BCUT2D eigenvalue weighted by atomic mass is 32.2. The standard InChI is InChI=1S/C8H10N4OS2/c1-4-5(2)13-8(10-4)14-3-6-7(9)15-12-11-6/h3,9H2,1-2H3. The van der Waals surface area contributed by atoms with Gasteiger partial charge in [-0.05, 0) is 13.8 Å².